The van der Waals surface area contributed by atoms with E-state index in [9.17, 15) is 21.6 Å². The first-order valence-corrected chi connectivity index (χ1v) is 12.7. The predicted molar refractivity (Wildman–Crippen MR) is 130 cm³/mol. The van der Waals surface area contributed by atoms with Crippen molar-refractivity contribution in [3.63, 3.8) is 0 Å². The quantitative estimate of drug-likeness (QED) is 0.467. The largest absolute Gasteiger partial charge is 0.417 e. The monoisotopic (exact) mass is 545 g/mol. The molecule has 186 valence electrons. The van der Waals surface area contributed by atoms with Crippen LogP contribution in [0.15, 0.2) is 59.8 Å². The van der Waals surface area contributed by atoms with Crippen LogP contribution in [0.1, 0.15) is 12.0 Å². The molecular weight excluding hydrogens is 526 g/mol. The highest BCUT2D eigenvalue weighted by Gasteiger charge is 2.31. The minimum Gasteiger partial charge on any atom is -0.355 e. The Labute approximate surface area is 210 Å². The van der Waals surface area contributed by atoms with Gasteiger partial charge in [-0.3, -0.25) is 4.72 Å². The van der Waals surface area contributed by atoms with Crippen LogP contribution in [-0.2, 0) is 16.2 Å². The van der Waals surface area contributed by atoms with Crippen LogP contribution in [0.4, 0.5) is 30.5 Å². The van der Waals surface area contributed by atoms with Gasteiger partial charge in [-0.15, -0.1) is 0 Å². The molecule has 0 atom stereocenters. The van der Waals surface area contributed by atoms with E-state index >= 15 is 0 Å². The zero-order chi connectivity index (χ0) is 25.2. The van der Waals surface area contributed by atoms with Gasteiger partial charge in [-0.1, -0.05) is 29.3 Å². The second-order valence-corrected chi connectivity index (χ2v) is 10.3. The Bertz CT molecular complexity index is 1310. The van der Waals surface area contributed by atoms with Crippen molar-refractivity contribution in [1.29, 1.82) is 0 Å². The Hall–Kier alpha value is -2.76. The lowest BCUT2D eigenvalue weighted by Gasteiger charge is -2.24. The smallest absolute Gasteiger partial charge is 0.355 e. The molecule has 0 radical (unpaired) electrons. The second kappa shape index (κ2) is 10.1. The van der Waals surface area contributed by atoms with Gasteiger partial charge in [-0.25, -0.2) is 18.4 Å². The van der Waals surface area contributed by atoms with Gasteiger partial charge in [-0.2, -0.15) is 13.2 Å². The standard InChI is InChI=1S/C22H20Cl2F3N5O2S/c23-16-3-1-4-18(11-16)35(33,34)30-17-12-19(24)21(29-14-17)32-8-2-7-31(9-10-32)20-6-5-15(13-28-20)22(25,26)27/h1,3-6,11-14,30H,2,7-10H2. The first kappa shape index (κ1) is 25.3. The minimum absolute atomic E-state index is 0.00897. The normalized spacial score (nSPS) is 15.1. The van der Waals surface area contributed by atoms with Gasteiger partial charge in [0.15, 0.2) is 0 Å². The summed E-state index contributed by atoms with van der Waals surface area (Å²) in [4.78, 5) is 12.2. The lowest BCUT2D eigenvalue weighted by molar-refractivity contribution is -0.137. The molecule has 0 saturated carbocycles. The molecule has 1 aromatic carbocycles. The van der Waals surface area contributed by atoms with Crippen LogP contribution >= 0.6 is 23.2 Å². The van der Waals surface area contributed by atoms with E-state index in [2.05, 4.69) is 14.7 Å². The topological polar surface area (TPSA) is 78.4 Å². The van der Waals surface area contributed by atoms with Crippen LogP contribution in [0.5, 0.6) is 0 Å². The van der Waals surface area contributed by atoms with Crippen molar-refractivity contribution >= 4 is 50.5 Å². The molecule has 0 amide bonds. The maximum absolute atomic E-state index is 12.8. The Morgan fingerprint density at radius 2 is 1.66 bits per heavy atom. The third-order valence-corrected chi connectivity index (χ3v) is 7.27. The van der Waals surface area contributed by atoms with Gasteiger partial charge in [0.05, 0.1) is 27.4 Å². The van der Waals surface area contributed by atoms with Crippen molar-refractivity contribution in [3.05, 3.63) is 70.5 Å². The number of alkyl halides is 3. The van der Waals surface area contributed by atoms with Crippen LogP contribution in [0.2, 0.25) is 10.0 Å². The number of nitrogens with zero attached hydrogens (tertiary/aromatic N) is 4. The molecule has 0 spiro atoms. The van der Waals surface area contributed by atoms with Crippen LogP contribution in [0, 0.1) is 0 Å². The van der Waals surface area contributed by atoms with Gasteiger partial charge in [0.1, 0.15) is 11.6 Å². The number of halogens is 5. The summed E-state index contributed by atoms with van der Waals surface area (Å²) < 4.78 is 66.1. The molecule has 0 aliphatic carbocycles. The number of rotatable bonds is 5. The van der Waals surface area contributed by atoms with Gasteiger partial charge in [0.2, 0.25) is 0 Å². The number of pyridine rings is 2. The SMILES string of the molecule is O=S(=O)(Nc1cnc(N2CCCN(c3ccc(C(F)(F)F)cn3)CC2)c(Cl)c1)c1cccc(Cl)c1. The van der Waals surface area contributed by atoms with Crippen LogP contribution in [0.3, 0.4) is 0 Å². The Balaban J connectivity index is 1.44. The molecule has 1 aliphatic rings. The van der Waals surface area contributed by atoms with Gasteiger partial charge < -0.3 is 9.80 Å². The Morgan fingerprint density at radius 1 is 0.914 bits per heavy atom. The van der Waals surface area contributed by atoms with E-state index in [1.165, 1.54) is 36.5 Å². The molecule has 1 N–H and O–H groups in total. The fourth-order valence-electron chi connectivity index (χ4n) is 3.67. The van der Waals surface area contributed by atoms with Gasteiger partial charge in [-0.05, 0) is 42.8 Å². The van der Waals surface area contributed by atoms with E-state index in [0.29, 0.717) is 49.3 Å². The Kier molecular flexibility index (Phi) is 7.30. The summed E-state index contributed by atoms with van der Waals surface area (Å²) in [5.74, 6) is 0.948. The van der Waals surface area contributed by atoms with Crippen molar-refractivity contribution in [2.75, 3.05) is 40.7 Å². The summed E-state index contributed by atoms with van der Waals surface area (Å²) in [5.41, 5.74) is -0.594. The highest BCUT2D eigenvalue weighted by atomic mass is 35.5. The number of hydrogen-bond donors (Lipinski definition) is 1. The lowest BCUT2D eigenvalue weighted by Crippen LogP contribution is -2.31. The van der Waals surface area contributed by atoms with Crippen molar-refractivity contribution < 1.29 is 21.6 Å². The first-order chi connectivity index (χ1) is 16.5. The molecule has 0 bridgehead atoms. The molecule has 3 aromatic rings. The molecular formula is C22H20Cl2F3N5O2S. The highest BCUT2D eigenvalue weighted by molar-refractivity contribution is 7.92. The third-order valence-electron chi connectivity index (χ3n) is 5.37. The van der Waals surface area contributed by atoms with Gasteiger partial charge in [0.25, 0.3) is 10.0 Å². The Morgan fingerprint density at radius 3 is 2.31 bits per heavy atom. The maximum atomic E-state index is 12.8. The van der Waals surface area contributed by atoms with Gasteiger partial charge >= 0.3 is 6.18 Å². The molecule has 4 rings (SSSR count). The maximum Gasteiger partial charge on any atom is 0.417 e. The van der Waals surface area contributed by atoms with E-state index in [4.69, 9.17) is 23.2 Å². The van der Waals surface area contributed by atoms with E-state index < -0.39 is 21.8 Å². The number of aromatic nitrogens is 2. The molecule has 7 nitrogen and oxygen atoms in total. The molecule has 1 saturated heterocycles. The van der Waals surface area contributed by atoms with Crippen molar-refractivity contribution in [2.45, 2.75) is 17.5 Å². The number of anilines is 3. The summed E-state index contributed by atoms with van der Waals surface area (Å²) >= 11 is 12.3. The summed E-state index contributed by atoms with van der Waals surface area (Å²) in [6.45, 7) is 2.21. The molecule has 13 heteroatoms. The number of sulfonamides is 1. The zero-order valence-corrected chi connectivity index (χ0v) is 20.5. The molecule has 0 unspecified atom stereocenters. The van der Waals surface area contributed by atoms with Crippen LogP contribution in [0.25, 0.3) is 0 Å². The lowest BCUT2D eigenvalue weighted by atomic mass is 10.2. The minimum atomic E-state index is -4.43. The number of hydrogen-bond acceptors (Lipinski definition) is 6. The third kappa shape index (κ3) is 6.09. The van der Waals surface area contributed by atoms with Crippen LogP contribution < -0.4 is 14.5 Å². The van der Waals surface area contributed by atoms with Crippen molar-refractivity contribution in [2.24, 2.45) is 0 Å². The molecule has 1 aliphatic heterocycles. The molecule has 1 fully saturated rings. The molecule has 3 heterocycles. The average Bonchev–Trinajstić information content (AvgIpc) is 3.05. The fraction of sp³-hybridized carbons (Fsp3) is 0.273. The highest BCUT2D eigenvalue weighted by Crippen LogP contribution is 2.31. The summed E-state index contributed by atoms with van der Waals surface area (Å²) in [5, 5.41) is 0.554. The summed E-state index contributed by atoms with van der Waals surface area (Å²) in [6, 6.07) is 9.73. The first-order valence-electron chi connectivity index (χ1n) is 10.5. The number of nitrogens with one attached hydrogen (secondary N) is 1. The zero-order valence-electron chi connectivity index (χ0n) is 18.1. The predicted octanol–water partition coefficient (Wildman–Crippen LogP) is 5.32. The van der Waals surface area contributed by atoms with E-state index in [0.717, 1.165) is 12.3 Å². The van der Waals surface area contributed by atoms with Crippen LogP contribution in [-0.4, -0.2) is 44.6 Å². The average molecular weight is 546 g/mol. The van der Waals surface area contributed by atoms with Crippen molar-refractivity contribution in [3.8, 4) is 0 Å². The second-order valence-electron chi connectivity index (χ2n) is 7.82. The summed E-state index contributed by atoms with van der Waals surface area (Å²) in [7, 11) is -3.88. The summed E-state index contributed by atoms with van der Waals surface area (Å²) in [6.07, 6.45) is -1.52. The van der Waals surface area contributed by atoms with Crippen molar-refractivity contribution in [1.82, 2.24) is 9.97 Å². The van der Waals surface area contributed by atoms with E-state index in [1.54, 1.807) is 6.07 Å². The van der Waals surface area contributed by atoms with Gasteiger partial charge in [0, 0.05) is 37.4 Å². The molecule has 2 aromatic heterocycles. The number of benzene rings is 1. The van der Waals surface area contributed by atoms with E-state index in [1.807, 2.05) is 9.80 Å². The van der Waals surface area contributed by atoms with E-state index in [-0.39, 0.29) is 15.6 Å². The molecule has 35 heavy (non-hydrogen) atoms. The fourth-order valence-corrected chi connectivity index (χ4v) is 5.29.